The van der Waals surface area contributed by atoms with E-state index in [0.29, 0.717) is 15.6 Å². The van der Waals surface area contributed by atoms with Crippen LogP contribution in [-0.4, -0.2) is 11.5 Å². The van der Waals surface area contributed by atoms with Crippen LogP contribution in [0.25, 0.3) is 0 Å². The smallest absolute Gasteiger partial charge is 0.171 e. The van der Waals surface area contributed by atoms with E-state index in [1.165, 1.54) is 4.90 Å². The van der Waals surface area contributed by atoms with E-state index in [4.69, 9.17) is 23.2 Å². The Balaban J connectivity index is 1.95. The number of carbonyl (C=O) groups excluding carboxylic acids is 1. The fourth-order valence-corrected chi connectivity index (χ4v) is 3.76. The number of fused-ring (bicyclic) bond motifs is 1. The molecular weight excluding hydrogens is 299 g/mol. The van der Waals surface area contributed by atoms with Gasteiger partial charge in [-0.3, -0.25) is 4.79 Å². The molecule has 0 N–H and O–H groups in total. The predicted molar refractivity (Wildman–Crippen MR) is 80.7 cm³/mol. The van der Waals surface area contributed by atoms with Crippen LogP contribution < -0.4 is 0 Å². The summed E-state index contributed by atoms with van der Waals surface area (Å²) in [5.74, 6) is 0.813. The molecule has 0 aliphatic carbocycles. The van der Waals surface area contributed by atoms with E-state index in [-0.39, 0.29) is 11.7 Å². The third-order valence-electron chi connectivity index (χ3n) is 3.22. The topological polar surface area (TPSA) is 17.1 Å². The second-order valence-electron chi connectivity index (χ2n) is 4.39. The van der Waals surface area contributed by atoms with Gasteiger partial charge in [-0.2, -0.15) is 0 Å². The van der Waals surface area contributed by atoms with Gasteiger partial charge in [-0.25, -0.2) is 0 Å². The summed E-state index contributed by atoms with van der Waals surface area (Å²) in [4.78, 5) is 13.8. The number of halogens is 2. The number of carbonyl (C=O) groups is 1. The quantitative estimate of drug-likeness (QED) is 0.721. The summed E-state index contributed by atoms with van der Waals surface area (Å²) in [6, 6.07) is 13.1. The molecule has 1 unspecified atom stereocenters. The molecule has 1 heterocycles. The fraction of sp³-hybridized carbons (Fsp3) is 0.133. The van der Waals surface area contributed by atoms with Crippen molar-refractivity contribution in [3.63, 3.8) is 0 Å². The lowest BCUT2D eigenvalue weighted by atomic mass is 9.92. The lowest BCUT2D eigenvalue weighted by Gasteiger charge is -2.10. The zero-order valence-corrected chi connectivity index (χ0v) is 12.2. The van der Waals surface area contributed by atoms with Crippen molar-refractivity contribution in [1.29, 1.82) is 0 Å². The number of hydrogen-bond acceptors (Lipinski definition) is 2. The number of thioether (sulfide) groups is 1. The van der Waals surface area contributed by atoms with Gasteiger partial charge in [0.15, 0.2) is 5.78 Å². The van der Waals surface area contributed by atoms with Gasteiger partial charge in [-0.05, 0) is 29.8 Å². The van der Waals surface area contributed by atoms with Crippen molar-refractivity contribution in [2.75, 3.05) is 5.75 Å². The maximum absolute atomic E-state index is 12.6. The van der Waals surface area contributed by atoms with E-state index in [0.717, 1.165) is 11.3 Å². The molecule has 2 aromatic carbocycles. The number of Topliss-reactive ketones (excluding diaryl/α,β-unsaturated/α-hetero) is 1. The molecule has 0 radical (unpaired) electrons. The van der Waals surface area contributed by atoms with Gasteiger partial charge < -0.3 is 0 Å². The zero-order chi connectivity index (χ0) is 13.4. The Morgan fingerprint density at radius 3 is 2.68 bits per heavy atom. The minimum atomic E-state index is -0.0848. The summed E-state index contributed by atoms with van der Waals surface area (Å²) >= 11 is 13.6. The molecule has 1 atom stereocenters. The monoisotopic (exact) mass is 308 g/mol. The number of rotatable bonds is 2. The van der Waals surface area contributed by atoms with Crippen molar-refractivity contribution < 1.29 is 4.79 Å². The molecular formula is C15H10Cl2OS. The summed E-state index contributed by atoms with van der Waals surface area (Å²) in [5.41, 5.74) is 1.74. The van der Waals surface area contributed by atoms with E-state index in [1.54, 1.807) is 30.0 Å². The molecule has 0 saturated heterocycles. The summed E-state index contributed by atoms with van der Waals surface area (Å²) < 4.78 is 0. The third kappa shape index (κ3) is 2.40. The van der Waals surface area contributed by atoms with Crippen molar-refractivity contribution in [1.82, 2.24) is 0 Å². The van der Waals surface area contributed by atoms with Crippen molar-refractivity contribution in [2.24, 2.45) is 0 Å². The van der Waals surface area contributed by atoms with Crippen molar-refractivity contribution in [3.05, 3.63) is 63.6 Å². The maximum atomic E-state index is 12.6. The molecule has 2 aromatic rings. The Bertz CT molecular complexity index is 654. The van der Waals surface area contributed by atoms with Gasteiger partial charge in [-0.1, -0.05) is 41.4 Å². The van der Waals surface area contributed by atoms with Gasteiger partial charge in [0, 0.05) is 16.2 Å². The average molecular weight is 309 g/mol. The number of benzene rings is 2. The third-order valence-corrected chi connectivity index (χ3v) is 5.14. The average Bonchev–Trinajstić information content (AvgIpc) is 2.85. The fourth-order valence-electron chi connectivity index (χ4n) is 2.23. The van der Waals surface area contributed by atoms with Crippen LogP contribution in [-0.2, 0) is 0 Å². The highest BCUT2D eigenvalue weighted by Gasteiger charge is 2.29. The van der Waals surface area contributed by atoms with E-state index < -0.39 is 0 Å². The van der Waals surface area contributed by atoms with Gasteiger partial charge >= 0.3 is 0 Å². The molecule has 0 bridgehead atoms. The molecule has 1 aliphatic heterocycles. The van der Waals surface area contributed by atoms with Gasteiger partial charge in [0.05, 0.1) is 16.0 Å². The van der Waals surface area contributed by atoms with E-state index in [9.17, 15) is 4.79 Å². The lowest BCUT2D eigenvalue weighted by Crippen LogP contribution is -2.12. The molecule has 0 amide bonds. The van der Waals surface area contributed by atoms with E-state index >= 15 is 0 Å². The maximum Gasteiger partial charge on any atom is 0.171 e. The summed E-state index contributed by atoms with van der Waals surface area (Å²) in [6.45, 7) is 0. The minimum Gasteiger partial charge on any atom is -0.293 e. The Morgan fingerprint density at radius 2 is 1.89 bits per heavy atom. The second-order valence-corrected chi connectivity index (χ2v) is 6.27. The van der Waals surface area contributed by atoms with Crippen LogP contribution in [0.1, 0.15) is 21.8 Å². The van der Waals surface area contributed by atoms with Crippen LogP contribution in [0, 0.1) is 0 Å². The highest BCUT2D eigenvalue weighted by atomic mass is 35.5. The lowest BCUT2D eigenvalue weighted by molar-refractivity contribution is 0.0968. The molecule has 0 spiro atoms. The van der Waals surface area contributed by atoms with Crippen LogP contribution in [0.5, 0.6) is 0 Å². The van der Waals surface area contributed by atoms with Gasteiger partial charge in [-0.15, -0.1) is 11.8 Å². The van der Waals surface area contributed by atoms with Crippen LogP contribution in [0.3, 0.4) is 0 Å². The van der Waals surface area contributed by atoms with Gasteiger partial charge in [0.25, 0.3) is 0 Å². The Kier molecular flexibility index (Phi) is 3.57. The van der Waals surface area contributed by atoms with E-state index in [2.05, 4.69) is 6.07 Å². The van der Waals surface area contributed by atoms with Crippen LogP contribution in [0.2, 0.25) is 10.0 Å². The first-order chi connectivity index (χ1) is 9.16. The molecule has 19 heavy (non-hydrogen) atoms. The first kappa shape index (κ1) is 13.0. The summed E-state index contributed by atoms with van der Waals surface area (Å²) in [7, 11) is 0. The standard InChI is InChI=1S/C15H10Cl2OS/c16-12-6-5-9(7-13(12)17)15(18)11-8-19-14-4-2-1-3-10(11)14/h1-7,11H,8H2. The predicted octanol–water partition coefficient (Wildman–Crippen LogP) is 5.07. The molecule has 3 rings (SSSR count). The molecule has 0 saturated carbocycles. The molecule has 1 nitrogen and oxygen atoms in total. The first-order valence-electron chi connectivity index (χ1n) is 5.88. The zero-order valence-electron chi connectivity index (χ0n) is 9.90. The summed E-state index contributed by atoms with van der Waals surface area (Å²) in [6.07, 6.45) is 0. The molecule has 0 aromatic heterocycles. The first-order valence-corrected chi connectivity index (χ1v) is 7.62. The molecule has 0 fully saturated rings. The second kappa shape index (κ2) is 5.20. The minimum absolute atomic E-state index is 0.0848. The Morgan fingerprint density at radius 1 is 1.11 bits per heavy atom. The molecule has 1 aliphatic rings. The van der Waals surface area contributed by atoms with Crippen LogP contribution >= 0.6 is 35.0 Å². The molecule has 96 valence electrons. The van der Waals surface area contributed by atoms with Crippen molar-refractivity contribution in [3.8, 4) is 0 Å². The molecule has 4 heteroatoms. The highest BCUT2D eigenvalue weighted by Crippen LogP contribution is 2.41. The van der Waals surface area contributed by atoms with E-state index in [1.807, 2.05) is 18.2 Å². The number of ketones is 1. The summed E-state index contributed by atoms with van der Waals surface area (Å²) in [5, 5.41) is 0.894. The Labute approximate surface area is 125 Å². The van der Waals surface area contributed by atoms with Gasteiger partial charge in [0.2, 0.25) is 0 Å². The SMILES string of the molecule is O=C(c1ccc(Cl)c(Cl)c1)C1CSc2ccccc21. The van der Waals surface area contributed by atoms with Crippen LogP contribution in [0.4, 0.5) is 0 Å². The van der Waals surface area contributed by atoms with Crippen molar-refractivity contribution in [2.45, 2.75) is 10.8 Å². The van der Waals surface area contributed by atoms with Crippen molar-refractivity contribution >= 4 is 40.7 Å². The highest BCUT2D eigenvalue weighted by molar-refractivity contribution is 7.99. The normalized spacial score (nSPS) is 17.3. The Hall–Kier alpha value is -0.960. The largest absolute Gasteiger partial charge is 0.293 e. The van der Waals surface area contributed by atoms with Gasteiger partial charge in [0.1, 0.15) is 0 Å². The number of hydrogen-bond donors (Lipinski definition) is 0. The van der Waals surface area contributed by atoms with Crippen LogP contribution in [0.15, 0.2) is 47.4 Å².